The highest BCUT2D eigenvalue weighted by Gasteiger charge is 2.07. The number of rotatable bonds is 4. The zero-order valence-corrected chi connectivity index (χ0v) is 8.80. The minimum absolute atomic E-state index is 0.443. The molecule has 0 aromatic rings. The van der Waals surface area contributed by atoms with Crippen LogP contribution in [0.15, 0.2) is 17.3 Å². The Balaban J connectivity index is 3.43. The molecule has 0 heterocycles. The van der Waals surface area contributed by atoms with Crippen molar-refractivity contribution in [3.05, 3.63) is 12.3 Å². The highest BCUT2D eigenvalue weighted by Crippen LogP contribution is 2.20. The Morgan fingerprint density at radius 2 is 1.92 bits per heavy atom. The summed E-state index contributed by atoms with van der Waals surface area (Å²) in [7, 11) is 0. The van der Waals surface area contributed by atoms with E-state index >= 15 is 0 Å². The van der Waals surface area contributed by atoms with Crippen molar-refractivity contribution in [2.75, 3.05) is 0 Å². The van der Waals surface area contributed by atoms with Gasteiger partial charge in [0.15, 0.2) is 0 Å². The molecule has 0 rings (SSSR count). The van der Waals surface area contributed by atoms with Crippen molar-refractivity contribution in [1.29, 1.82) is 0 Å². The van der Waals surface area contributed by atoms with Gasteiger partial charge in [0.25, 0.3) is 0 Å². The first kappa shape index (κ1) is 11.4. The van der Waals surface area contributed by atoms with Gasteiger partial charge in [0.1, 0.15) is 0 Å². The number of hydrogen-bond acceptors (Lipinski definition) is 1. The van der Waals surface area contributed by atoms with Gasteiger partial charge in [-0.3, -0.25) is 4.99 Å². The molecule has 0 aliphatic heterocycles. The second kappa shape index (κ2) is 5.99. The Bertz CT molecular complexity index is 149. The lowest BCUT2D eigenvalue weighted by Crippen LogP contribution is -2.02. The average molecular weight is 167 g/mol. The van der Waals surface area contributed by atoms with Crippen LogP contribution < -0.4 is 0 Å². The minimum atomic E-state index is 0.443. The topological polar surface area (TPSA) is 12.4 Å². The molecule has 0 saturated carbocycles. The number of nitrogens with zero attached hydrogens (tertiary/aromatic N) is 1. The Kier molecular flexibility index (Phi) is 5.69. The summed E-state index contributed by atoms with van der Waals surface area (Å²) in [4.78, 5) is 4.10. The van der Waals surface area contributed by atoms with E-state index in [2.05, 4.69) is 38.8 Å². The Morgan fingerprint density at radius 3 is 2.42 bits per heavy atom. The van der Waals surface area contributed by atoms with Crippen LogP contribution in [0.1, 0.15) is 47.0 Å². The second-order valence-electron chi connectivity index (χ2n) is 4.22. The van der Waals surface area contributed by atoms with Crippen molar-refractivity contribution in [2.45, 2.75) is 47.0 Å². The standard InChI is InChI=1S/C11H21N/c1-5-9-12-10-7-6-8-11(2,3)4/h7,9-10H,5-6,8H2,1-4H3/b10-7-,12-9?. The molecular weight excluding hydrogens is 146 g/mol. The van der Waals surface area contributed by atoms with Gasteiger partial charge in [0.2, 0.25) is 0 Å². The highest BCUT2D eigenvalue weighted by atomic mass is 14.7. The van der Waals surface area contributed by atoms with E-state index in [1.165, 1.54) is 6.42 Å². The van der Waals surface area contributed by atoms with E-state index in [0.29, 0.717) is 5.41 Å². The van der Waals surface area contributed by atoms with Crippen LogP contribution in [0.5, 0.6) is 0 Å². The smallest absolute Gasteiger partial charge is 0.0223 e. The van der Waals surface area contributed by atoms with Gasteiger partial charge < -0.3 is 0 Å². The maximum Gasteiger partial charge on any atom is 0.0223 e. The van der Waals surface area contributed by atoms with Gasteiger partial charge in [0, 0.05) is 12.4 Å². The van der Waals surface area contributed by atoms with Crippen LogP contribution in [0.3, 0.4) is 0 Å². The normalized spacial score (nSPS) is 13.3. The van der Waals surface area contributed by atoms with E-state index in [9.17, 15) is 0 Å². The van der Waals surface area contributed by atoms with E-state index < -0.39 is 0 Å². The molecule has 0 saturated heterocycles. The first-order valence-electron chi connectivity index (χ1n) is 4.73. The molecule has 0 aromatic heterocycles. The first-order valence-corrected chi connectivity index (χ1v) is 4.73. The molecule has 0 spiro atoms. The number of hydrogen-bond donors (Lipinski definition) is 0. The third kappa shape index (κ3) is 9.41. The Hall–Kier alpha value is -0.590. The van der Waals surface area contributed by atoms with Gasteiger partial charge in [0.05, 0.1) is 0 Å². The van der Waals surface area contributed by atoms with Gasteiger partial charge >= 0.3 is 0 Å². The molecule has 1 heteroatoms. The molecule has 70 valence electrons. The molecule has 1 nitrogen and oxygen atoms in total. The predicted molar refractivity (Wildman–Crippen MR) is 56.6 cm³/mol. The maximum atomic E-state index is 4.10. The van der Waals surface area contributed by atoms with E-state index in [1.807, 2.05) is 12.4 Å². The van der Waals surface area contributed by atoms with E-state index in [1.54, 1.807) is 0 Å². The van der Waals surface area contributed by atoms with Crippen molar-refractivity contribution in [3.8, 4) is 0 Å². The minimum Gasteiger partial charge on any atom is -0.269 e. The molecular formula is C11H21N. The average Bonchev–Trinajstić information content (AvgIpc) is 1.94. The summed E-state index contributed by atoms with van der Waals surface area (Å²) in [6, 6.07) is 0. The van der Waals surface area contributed by atoms with E-state index in [4.69, 9.17) is 0 Å². The molecule has 0 fully saturated rings. The lowest BCUT2D eigenvalue weighted by molar-refractivity contribution is 0.381. The molecule has 12 heavy (non-hydrogen) atoms. The van der Waals surface area contributed by atoms with Gasteiger partial charge in [-0.15, -0.1) is 0 Å². The quantitative estimate of drug-likeness (QED) is 0.565. The maximum absolute atomic E-state index is 4.10. The van der Waals surface area contributed by atoms with Crippen LogP contribution in [0, 0.1) is 5.41 Å². The third-order valence-electron chi connectivity index (χ3n) is 1.54. The highest BCUT2D eigenvalue weighted by molar-refractivity contribution is 5.57. The lowest BCUT2D eigenvalue weighted by Gasteiger charge is -2.15. The molecule has 0 aromatic carbocycles. The molecule has 0 aliphatic carbocycles. The van der Waals surface area contributed by atoms with Crippen LogP contribution in [0.25, 0.3) is 0 Å². The van der Waals surface area contributed by atoms with Crippen LogP contribution in [-0.4, -0.2) is 6.21 Å². The van der Waals surface area contributed by atoms with Crippen molar-refractivity contribution in [3.63, 3.8) is 0 Å². The molecule has 0 amide bonds. The van der Waals surface area contributed by atoms with Crippen LogP contribution >= 0.6 is 0 Å². The fourth-order valence-electron chi connectivity index (χ4n) is 0.818. The van der Waals surface area contributed by atoms with Gasteiger partial charge in [-0.05, 0) is 24.7 Å². The zero-order valence-electron chi connectivity index (χ0n) is 8.80. The summed E-state index contributed by atoms with van der Waals surface area (Å²) in [6.45, 7) is 8.87. The van der Waals surface area contributed by atoms with Gasteiger partial charge in [-0.1, -0.05) is 33.8 Å². The van der Waals surface area contributed by atoms with Crippen molar-refractivity contribution in [2.24, 2.45) is 10.4 Å². The lowest BCUT2D eigenvalue weighted by atomic mass is 9.91. The molecule has 0 aliphatic rings. The Labute approximate surface area is 76.6 Å². The summed E-state index contributed by atoms with van der Waals surface area (Å²) in [6.07, 6.45) is 9.33. The van der Waals surface area contributed by atoms with E-state index in [-0.39, 0.29) is 0 Å². The van der Waals surface area contributed by atoms with Gasteiger partial charge in [-0.2, -0.15) is 0 Å². The number of allylic oxidation sites excluding steroid dienone is 1. The summed E-state index contributed by atoms with van der Waals surface area (Å²) < 4.78 is 0. The second-order valence-corrected chi connectivity index (χ2v) is 4.22. The van der Waals surface area contributed by atoms with Gasteiger partial charge in [-0.25, -0.2) is 0 Å². The molecule has 0 radical (unpaired) electrons. The fraction of sp³-hybridized carbons (Fsp3) is 0.727. The first-order chi connectivity index (χ1) is 5.56. The summed E-state index contributed by atoms with van der Waals surface area (Å²) >= 11 is 0. The molecule has 0 N–H and O–H groups in total. The zero-order chi connectivity index (χ0) is 9.45. The van der Waals surface area contributed by atoms with Crippen LogP contribution in [0.4, 0.5) is 0 Å². The predicted octanol–water partition coefficient (Wildman–Crippen LogP) is 3.81. The largest absolute Gasteiger partial charge is 0.269 e. The third-order valence-corrected chi connectivity index (χ3v) is 1.54. The van der Waals surface area contributed by atoms with E-state index in [0.717, 1.165) is 12.8 Å². The molecule has 0 unspecified atom stereocenters. The van der Waals surface area contributed by atoms with Crippen molar-refractivity contribution < 1.29 is 0 Å². The number of aliphatic imine (C=N–C) groups is 1. The Morgan fingerprint density at radius 1 is 1.25 bits per heavy atom. The molecule has 0 bridgehead atoms. The SMILES string of the molecule is CCC=N/C=C\CCC(C)(C)C. The fourth-order valence-corrected chi connectivity index (χ4v) is 0.818. The summed E-state index contributed by atoms with van der Waals surface area (Å²) in [5, 5.41) is 0. The van der Waals surface area contributed by atoms with Crippen molar-refractivity contribution >= 4 is 6.21 Å². The van der Waals surface area contributed by atoms with Crippen LogP contribution in [-0.2, 0) is 0 Å². The molecule has 0 atom stereocenters. The van der Waals surface area contributed by atoms with Crippen LogP contribution in [0.2, 0.25) is 0 Å². The monoisotopic (exact) mass is 167 g/mol. The summed E-state index contributed by atoms with van der Waals surface area (Å²) in [5.41, 5.74) is 0.443. The summed E-state index contributed by atoms with van der Waals surface area (Å²) in [5.74, 6) is 0. The van der Waals surface area contributed by atoms with Crippen molar-refractivity contribution in [1.82, 2.24) is 0 Å².